The van der Waals surface area contributed by atoms with E-state index in [4.69, 9.17) is 37.0 Å². The summed E-state index contributed by atoms with van der Waals surface area (Å²) in [5.41, 5.74) is 0. The third kappa shape index (κ3) is 66.0. The van der Waals surface area contributed by atoms with Crippen LogP contribution in [0.5, 0.6) is 0 Å². The molecule has 0 rings (SSSR count). The smallest absolute Gasteiger partial charge is 0.462 e. The average molecular weight is 1380 g/mol. The molecule has 0 spiro atoms. The van der Waals surface area contributed by atoms with E-state index in [-0.39, 0.29) is 25.7 Å². The van der Waals surface area contributed by atoms with Gasteiger partial charge in [-0.15, -0.1) is 0 Å². The lowest BCUT2D eigenvalue weighted by Crippen LogP contribution is -2.30. The number of hydrogen-bond acceptors (Lipinski definition) is 15. The van der Waals surface area contributed by atoms with Crippen molar-refractivity contribution in [3.8, 4) is 0 Å². The molecule has 3 N–H and O–H groups in total. The monoisotopic (exact) mass is 1380 g/mol. The molecule has 0 aliphatic carbocycles. The van der Waals surface area contributed by atoms with E-state index in [1.165, 1.54) is 173 Å². The zero-order chi connectivity index (χ0) is 69.6. The summed E-state index contributed by atoms with van der Waals surface area (Å²) in [5.74, 6) is 0.963. The van der Waals surface area contributed by atoms with Crippen molar-refractivity contribution in [2.45, 2.75) is 395 Å². The summed E-state index contributed by atoms with van der Waals surface area (Å²) in [4.78, 5) is 72.7. The van der Waals surface area contributed by atoms with Gasteiger partial charge in [0.2, 0.25) is 0 Å². The predicted octanol–water partition coefficient (Wildman–Crippen LogP) is 21.7. The summed E-state index contributed by atoms with van der Waals surface area (Å²) < 4.78 is 68.5. The summed E-state index contributed by atoms with van der Waals surface area (Å²) in [6, 6.07) is 0. The number of esters is 4. The molecular weight excluding hydrogens is 1230 g/mol. The molecular formula is C75H146O17P2. The van der Waals surface area contributed by atoms with Crippen LogP contribution in [-0.4, -0.2) is 96.7 Å². The van der Waals surface area contributed by atoms with Crippen molar-refractivity contribution in [2.24, 2.45) is 23.7 Å². The van der Waals surface area contributed by atoms with Gasteiger partial charge in [-0.05, 0) is 49.4 Å². The van der Waals surface area contributed by atoms with Gasteiger partial charge in [-0.2, -0.15) is 0 Å². The number of aliphatic hydroxyl groups is 1. The second-order valence-corrected chi connectivity index (χ2v) is 31.4. The number of carbonyl (C=O) groups is 4. The number of unbranched alkanes of at least 4 members (excludes halogenated alkanes) is 36. The SMILES string of the molecule is CCC(C)CCCCCCCCCCCCCCCCC(=O)O[C@H](COC(=O)CCCCCCCCC(C)C)COP(=O)(O)OC[C@H](O)COP(=O)(O)OC[C@@H](COC(=O)CCCCCCCCCCCCC(C)CC)OC(=O)CCCCCCCCCCCCC(C)C. The van der Waals surface area contributed by atoms with Gasteiger partial charge in [0.15, 0.2) is 12.2 Å². The van der Waals surface area contributed by atoms with E-state index in [0.29, 0.717) is 31.6 Å². The fraction of sp³-hybridized carbons (Fsp3) is 0.947. The lowest BCUT2D eigenvalue weighted by atomic mass is 9.99. The number of phosphoric ester groups is 2. The molecule has 0 aromatic carbocycles. The lowest BCUT2D eigenvalue weighted by Gasteiger charge is -2.21. The van der Waals surface area contributed by atoms with E-state index in [1.807, 2.05) is 0 Å². The Morgan fingerprint density at radius 3 is 0.755 bits per heavy atom. The summed E-state index contributed by atoms with van der Waals surface area (Å²) in [6.45, 7) is 14.2. The van der Waals surface area contributed by atoms with Crippen LogP contribution in [0.3, 0.4) is 0 Å². The third-order valence-electron chi connectivity index (χ3n) is 18.0. The maximum absolute atomic E-state index is 13.1. The van der Waals surface area contributed by atoms with Gasteiger partial charge in [0, 0.05) is 25.7 Å². The molecule has 0 saturated carbocycles. The van der Waals surface area contributed by atoms with E-state index >= 15 is 0 Å². The number of carbonyl (C=O) groups excluding carboxylic acids is 4. The van der Waals surface area contributed by atoms with Crippen molar-refractivity contribution in [1.29, 1.82) is 0 Å². The Morgan fingerprint density at radius 1 is 0.298 bits per heavy atom. The van der Waals surface area contributed by atoms with Crippen LogP contribution >= 0.6 is 15.6 Å². The van der Waals surface area contributed by atoms with Gasteiger partial charge in [-0.25, -0.2) is 9.13 Å². The van der Waals surface area contributed by atoms with Gasteiger partial charge < -0.3 is 33.8 Å². The third-order valence-corrected chi connectivity index (χ3v) is 19.9. The minimum absolute atomic E-state index is 0.105. The van der Waals surface area contributed by atoms with Gasteiger partial charge in [-0.3, -0.25) is 37.3 Å². The van der Waals surface area contributed by atoms with Crippen LogP contribution in [0.15, 0.2) is 0 Å². The molecule has 0 bridgehead atoms. The van der Waals surface area contributed by atoms with E-state index in [1.54, 1.807) is 0 Å². The van der Waals surface area contributed by atoms with Gasteiger partial charge >= 0.3 is 39.5 Å². The van der Waals surface area contributed by atoms with Crippen LogP contribution in [0.2, 0.25) is 0 Å². The second-order valence-electron chi connectivity index (χ2n) is 28.5. The van der Waals surface area contributed by atoms with Gasteiger partial charge in [0.25, 0.3) is 0 Å². The first-order valence-electron chi connectivity index (χ1n) is 38.8. The number of phosphoric acid groups is 2. The van der Waals surface area contributed by atoms with Gasteiger partial charge in [-0.1, -0.05) is 325 Å². The van der Waals surface area contributed by atoms with Crippen molar-refractivity contribution in [2.75, 3.05) is 39.6 Å². The molecule has 17 nitrogen and oxygen atoms in total. The van der Waals surface area contributed by atoms with Crippen LogP contribution in [0.25, 0.3) is 0 Å². The molecule has 94 heavy (non-hydrogen) atoms. The molecule has 4 unspecified atom stereocenters. The minimum atomic E-state index is -4.96. The molecule has 0 aromatic heterocycles. The maximum atomic E-state index is 13.1. The largest absolute Gasteiger partial charge is 0.472 e. The van der Waals surface area contributed by atoms with Gasteiger partial charge in [0.05, 0.1) is 26.4 Å². The first-order valence-corrected chi connectivity index (χ1v) is 41.8. The summed E-state index contributed by atoms with van der Waals surface area (Å²) in [5, 5.41) is 10.6. The van der Waals surface area contributed by atoms with Crippen molar-refractivity contribution in [3.63, 3.8) is 0 Å². The van der Waals surface area contributed by atoms with Crippen molar-refractivity contribution in [1.82, 2.24) is 0 Å². The highest BCUT2D eigenvalue weighted by Crippen LogP contribution is 2.45. The highest BCUT2D eigenvalue weighted by molar-refractivity contribution is 7.47. The Bertz CT molecular complexity index is 1850. The Morgan fingerprint density at radius 2 is 0.511 bits per heavy atom. The summed E-state index contributed by atoms with van der Waals surface area (Å²) in [6.07, 6.45) is 48.6. The first-order chi connectivity index (χ1) is 45.2. The zero-order valence-corrected chi connectivity index (χ0v) is 63.4. The lowest BCUT2D eigenvalue weighted by molar-refractivity contribution is -0.161. The topological polar surface area (TPSA) is 237 Å². The molecule has 0 heterocycles. The van der Waals surface area contributed by atoms with Gasteiger partial charge in [0.1, 0.15) is 19.3 Å². The number of hydrogen-bond donors (Lipinski definition) is 3. The van der Waals surface area contributed by atoms with E-state index in [9.17, 15) is 43.2 Å². The standard InChI is InChI=1S/C75H146O17P2/c1-9-67(7)53-45-37-28-22-15-13-11-12-14-16-25-31-41-49-57-74(79)92-71(62-86-73(78)56-48-40-34-33-36-44-52-66(5)6)64-90-94(83,84)88-60-69(76)59-87-93(81,82)89-63-70(91-75(80)58-50-42-32-26-19-17-21-27-35-43-51-65(3)4)61-85-72(77)55-47-39-30-24-20-18-23-29-38-46-54-68(8)10-2/h65-71,76H,9-64H2,1-8H3,(H,81,82)(H,83,84)/t67?,68?,69-,70-,71-/m1/s1. The van der Waals surface area contributed by atoms with Crippen LogP contribution in [0.1, 0.15) is 376 Å². The van der Waals surface area contributed by atoms with E-state index in [2.05, 4.69) is 55.4 Å². The zero-order valence-electron chi connectivity index (χ0n) is 61.6. The van der Waals surface area contributed by atoms with Crippen LogP contribution in [0.4, 0.5) is 0 Å². The Kier molecular flexibility index (Phi) is 63.1. The Balaban J connectivity index is 5.23. The molecule has 19 heteroatoms. The van der Waals surface area contributed by atoms with Crippen LogP contribution in [-0.2, 0) is 65.4 Å². The van der Waals surface area contributed by atoms with Crippen molar-refractivity contribution in [3.05, 3.63) is 0 Å². The molecule has 0 aliphatic rings. The molecule has 0 aliphatic heterocycles. The van der Waals surface area contributed by atoms with Crippen molar-refractivity contribution >= 4 is 39.5 Å². The maximum Gasteiger partial charge on any atom is 0.472 e. The number of ether oxygens (including phenoxy) is 4. The quantitative estimate of drug-likeness (QED) is 0.0222. The molecule has 0 aromatic rings. The Labute approximate surface area is 575 Å². The molecule has 0 amide bonds. The summed E-state index contributed by atoms with van der Waals surface area (Å²) >= 11 is 0. The molecule has 558 valence electrons. The molecule has 0 saturated heterocycles. The van der Waals surface area contributed by atoms with E-state index in [0.717, 1.165) is 114 Å². The normalized spacial score (nSPS) is 14.7. The molecule has 0 radical (unpaired) electrons. The highest BCUT2D eigenvalue weighted by Gasteiger charge is 2.30. The fourth-order valence-corrected chi connectivity index (χ4v) is 12.9. The average Bonchev–Trinajstić information content (AvgIpc) is 1.33. The Hall–Kier alpha value is -1.94. The number of aliphatic hydroxyl groups excluding tert-OH is 1. The van der Waals surface area contributed by atoms with Crippen molar-refractivity contribution < 1.29 is 80.2 Å². The second kappa shape index (κ2) is 64.4. The van der Waals surface area contributed by atoms with E-state index < -0.39 is 97.5 Å². The first kappa shape index (κ1) is 92.1. The summed E-state index contributed by atoms with van der Waals surface area (Å²) in [7, 11) is -9.91. The highest BCUT2D eigenvalue weighted by atomic mass is 31.2. The predicted molar refractivity (Wildman–Crippen MR) is 381 cm³/mol. The molecule has 7 atom stereocenters. The van der Waals surface area contributed by atoms with Crippen LogP contribution in [0, 0.1) is 23.7 Å². The number of rotatable bonds is 72. The molecule has 0 fully saturated rings. The minimum Gasteiger partial charge on any atom is -0.462 e. The van der Waals surface area contributed by atoms with Crippen LogP contribution < -0.4 is 0 Å². The fourth-order valence-electron chi connectivity index (χ4n) is 11.3.